The van der Waals surface area contributed by atoms with Crippen molar-refractivity contribution in [1.82, 2.24) is 14.8 Å². The smallest absolute Gasteiger partial charge is 0.280 e. The lowest BCUT2D eigenvalue weighted by molar-refractivity contribution is -0.122. The number of benzene rings is 1. The zero-order chi connectivity index (χ0) is 21.8. The van der Waals surface area contributed by atoms with Crippen molar-refractivity contribution in [3.8, 4) is 11.4 Å². The minimum atomic E-state index is -0.396. The van der Waals surface area contributed by atoms with E-state index in [1.54, 1.807) is 23.1 Å². The summed E-state index contributed by atoms with van der Waals surface area (Å²) < 4.78 is 6.93. The van der Waals surface area contributed by atoms with Crippen LogP contribution in [0.5, 0.6) is 5.75 Å². The predicted molar refractivity (Wildman–Crippen MR) is 116 cm³/mol. The third-order valence-corrected chi connectivity index (χ3v) is 5.29. The van der Waals surface area contributed by atoms with Crippen LogP contribution in [0.4, 0.5) is 11.5 Å². The fourth-order valence-corrected chi connectivity index (χ4v) is 3.63. The Hall–Kier alpha value is -3.88. The topological polar surface area (TPSA) is 115 Å². The first-order chi connectivity index (χ1) is 15.0. The number of primary amides is 1. The fourth-order valence-electron chi connectivity index (χ4n) is 3.63. The maximum absolute atomic E-state index is 12.8. The summed E-state index contributed by atoms with van der Waals surface area (Å²) in [6.07, 6.45) is 4.94. The van der Waals surface area contributed by atoms with Crippen LogP contribution in [-0.4, -0.2) is 46.8 Å². The average molecular weight is 420 g/mol. The number of aromatic nitrogens is 3. The van der Waals surface area contributed by atoms with Gasteiger partial charge in [-0.3, -0.25) is 9.59 Å². The number of amides is 2. The number of pyridine rings is 1. The first kappa shape index (κ1) is 20.4. The molecule has 3 aromatic rings. The van der Waals surface area contributed by atoms with Gasteiger partial charge < -0.3 is 20.7 Å². The summed E-state index contributed by atoms with van der Waals surface area (Å²) in [5.41, 5.74) is 6.99. The molecule has 1 aliphatic rings. The lowest BCUT2D eigenvalue weighted by Gasteiger charge is -2.32. The molecule has 1 atom stereocenters. The Bertz CT molecular complexity index is 1060. The number of nitrogens with one attached hydrogen (secondary N) is 1. The third-order valence-electron chi connectivity index (χ3n) is 5.29. The molecule has 2 amide bonds. The van der Waals surface area contributed by atoms with Gasteiger partial charge in [0.25, 0.3) is 5.91 Å². The lowest BCUT2D eigenvalue weighted by Crippen LogP contribution is -2.41. The van der Waals surface area contributed by atoms with Crippen molar-refractivity contribution in [2.24, 2.45) is 11.7 Å². The summed E-state index contributed by atoms with van der Waals surface area (Å²) in [5, 5.41) is 7.18. The highest BCUT2D eigenvalue weighted by molar-refractivity contribution is 6.04. The summed E-state index contributed by atoms with van der Waals surface area (Å²) in [6, 6.07) is 13.1. The second-order valence-corrected chi connectivity index (χ2v) is 7.37. The first-order valence-corrected chi connectivity index (χ1v) is 10.1. The van der Waals surface area contributed by atoms with Crippen molar-refractivity contribution in [3.05, 3.63) is 60.6 Å². The molecule has 2 aromatic heterocycles. The molecule has 1 aliphatic heterocycles. The standard InChI is InChI=1S/C22H24N6O3/c1-31-18-14-28(17-7-3-2-4-8-17)26-20(18)22(30)25-16-9-10-19(24-12-16)27-11-5-6-15(13-27)21(23)29/h2-4,7-10,12,14-15H,5-6,11,13H2,1H3,(H2,23,29)(H,25,30). The summed E-state index contributed by atoms with van der Waals surface area (Å²) in [4.78, 5) is 30.8. The maximum atomic E-state index is 12.8. The number of carbonyl (C=O) groups is 2. The number of hydrogen-bond acceptors (Lipinski definition) is 6. The number of piperidine rings is 1. The molecule has 9 heteroatoms. The highest BCUT2D eigenvalue weighted by atomic mass is 16.5. The highest BCUT2D eigenvalue weighted by Gasteiger charge is 2.25. The van der Waals surface area contributed by atoms with Gasteiger partial charge in [0.1, 0.15) is 5.82 Å². The molecule has 1 saturated heterocycles. The second-order valence-electron chi connectivity index (χ2n) is 7.37. The van der Waals surface area contributed by atoms with Crippen LogP contribution in [-0.2, 0) is 4.79 Å². The zero-order valence-electron chi connectivity index (χ0n) is 17.2. The van der Waals surface area contributed by atoms with E-state index >= 15 is 0 Å². The van der Waals surface area contributed by atoms with Crippen LogP contribution in [0.15, 0.2) is 54.9 Å². The van der Waals surface area contributed by atoms with Gasteiger partial charge in [-0.15, -0.1) is 0 Å². The van der Waals surface area contributed by atoms with E-state index in [1.807, 2.05) is 41.3 Å². The Morgan fingerprint density at radius 3 is 2.68 bits per heavy atom. The van der Waals surface area contributed by atoms with Crippen molar-refractivity contribution in [2.75, 3.05) is 30.4 Å². The number of nitrogens with zero attached hydrogens (tertiary/aromatic N) is 4. The van der Waals surface area contributed by atoms with Crippen LogP contribution < -0.4 is 20.7 Å². The Labute approximate surface area is 179 Å². The van der Waals surface area contributed by atoms with Gasteiger partial charge in [0.15, 0.2) is 11.4 Å². The van der Waals surface area contributed by atoms with E-state index in [2.05, 4.69) is 15.4 Å². The van der Waals surface area contributed by atoms with E-state index in [0.29, 0.717) is 18.0 Å². The van der Waals surface area contributed by atoms with Crippen molar-refractivity contribution in [2.45, 2.75) is 12.8 Å². The number of carbonyl (C=O) groups excluding carboxylic acids is 2. The maximum Gasteiger partial charge on any atom is 0.280 e. The summed E-state index contributed by atoms with van der Waals surface area (Å²) in [5.74, 6) is 0.277. The van der Waals surface area contributed by atoms with Crippen LogP contribution in [0, 0.1) is 5.92 Å². The number of methoxy groups -OCH3 is 1. The van der Waals surface area contributed by atoms with Crippen LogP contribution in [0.25, 0.3) is 5.69 Å². The molecular weight excluding hydrogens is 396 g/mol. The Kier molecular flexibility index (Phi) is 5.83. The number of para-hydroxylation sites is 1. The summed E-state index contributed by atoms with van der Waals surface area (Å²) >= 11 is 0. The van der Waals surface area contributed by atoms with Gasteiger partial charge in [-0.05, 0) is 37.1 Å². The van der Waals surface area contributed by atoms with Crippen molar-refractivity contribution in [3.63, 3.8) is 0 Å². The van der Waals surface area contributed by atoms with Crippen LogP contribution in [0.2, 0.25) is 0 Å². The number of rotatable bonds is 6. The third kappa shape index (κ3) is 4.50. The lowest BCUT2D eigenvalue weighted by atomic mass is 9.97. The molecule has 1 fully saturated rings. The van der Waals surface area contributed by atoms with E-state index in [-0.39, 0.29) is 17.5 Å². The van der Waals surface area contributed by atoms with Gasteiger partial charge in [0.05, 0.1) is 36.8 Å². The molecule has 0 aliphatic carbocycles. The Morgan fingerprint density at radius 1 is 1.19 bits per heavy atom. The molecule has 9 nitrogen and oxygen atoms in total. The molecule has 1 aromatic carbocycles. The van der Waals surface area contributed by atoms with E-state index in [9.17, 15) is 9.59 Å². The largest absolute Gasteiger partial charge is 0.493 e. The minimum Gasteiger partial charge on any atom is -0.493 e. The quantitative estimate of drug-likeness (QED) is 0.632. The highest BCUT2D eigenvalue weighted by Crippen LogP contribution is 2.24. The van der Waals surface area contributed by atoms with Crippen LogP contribution in [0.3, 0.4) is 0 Å². The SMILES string of the molecule is COc1cn(-c2ccccc2)nc1C(=O)Nc1ccc(N2CCCC(C(N)=O)C2)nc1. The molecule has 0 spiro atoms. The molecule has 3 heterocycles. The van der Waals surface area contributed by atoms with Crippen molar-refractivity contribution in [1.29, 1.82) is 0 Å². The molecule has 3 N–H and O–H groups in total. The normalized spacial score (nSPS) is 16.0. The average Bonchev–Trinajstić information content (AvgIpc) is 3.25. The molecule has 4 rings (SSSR count). The van der Waals surface area contributed by atoms with E-state index in [4.69, 9.17) is 10.5 Å². The van der Waals surface area contributed by atoms with Crippen molar-refractivity contribution >= 4 is 23.3 Å². The summed E-state index contributed by atoms with van der Waals surface area (Å²) in [6.45, 7) is 1.37. The van der Waals surface area contributed by atoms with Crippen molar-refractivity contribution < 1.29 is 14.3 Å². The number of ether oxygens (including phenoxy) is 1. The van der Waals surface area contributed by atoms with Gasteiger partial charge in [-0.25, -0.2) is 9.67 Å². The monoisotopic (exact) mass is 420 g/mol. The Balaban J connectivity index is 1.47. The molecule has 0 saturated carbocycles. The number of nitrogens with two attached hydrogens (primary N) is 1. The number of anilines is 2. The van der Waals surface area contributed by atoms with Gasteiger partial charge in [0, 0.05) is 13.1 Å². The first-order valence-electron chi connectivity index (χ1n) is 10.1. The van der Waals surface area contributed by atoms with Gasteiger partial charge in [0.2, 0.25) is 5.91 Å². The van der Waals surface area contributed by atoms with E-state index < -0.39 is 5.91 Å². The second kappa shape index (κ2) is 8.86. The molecular formula is C22H24N6O3. The Morgan fingerprint density at radius 2 is 2.00 bits per heavy atom. The minimum absolute atomic E-state index is 0.165. The van der Waals surface area contributed by atoms with Gasteiger partial charge in [-0.1, -0.05) is 18.2 Å². The molecule has 0 radical (unpaired) electrons. The molecule has 31 heavy (non-hydrogen) atoms. The zero-order valence-corrected chi connectivity index (χ0v) is 17.2. The van der Waals surface area contributed by atoms with E-state index in [1.165, 1.54) is 7.11 Å². The molecule has 1 unspecified atom stereocenters. The number of hydrogen-bond donors (Lipinski definition) is 2. The van der Waals surface area contributed by atoms with Crippen LogP contribution >= 0.6 is 0 Å². The molecule has 0 bridgehead atoms. The van der Waals surface area contributed by atoms with Gasteiger partial charge >= 0.3 is 0 Å². The summed E-state index contributed by atoms with van der Waals surface area (Å²) in [7, 11) is 1.50. The fraction of sp³-hybridized carbons (Fsp3) is 0.273. The van der Waals surface area contributed by atoms with Gasteiger partial charge in [-0.2, -0.15) is 5.10 Å². The predicted octanol–water partition coefficient (Wildman–Crippen LogP) is 2.23. The molecule has 160 valence electrons. The van der Waals surface area contributed by atoms with E-state index in [0.717, 1.165) is 30.9 Å². The van der Waals surface area contributed by atoms with Crippen LogP contribution in [0.1, 0.15) is 23.3 Å².